The second-order valence-corrected chi connectivity index (χ2v) is 8.18. The molecule has 1 N–H and O–H groups in total. The van der Waals surface area contributed by atoms with E-state index in [0.29, 0.717) is 11.3 Å². The maximum Gasteiger partial charge on any atom is 0.416 e. The minimum Gasteiger partial charge on any atom is -0.460 e. The minimum atomic E-state index is -4.39. The zero-order valence-corrected chi connectivity index (χ0v) is 16.7. The molecule has 1 aliphatic rings. The van der Waals surface area contributed by atoms with E-state index in [4.69, 9.17) is 4.74 Å². The molecule has 0 spiro atoms. The van der Waals surface area contributed by atoms with Crippen molar-refractivity contribution in [2.45, 2.75) is 45.0 Å². The van der Waals surface area contributed by atoms with Crippen LogP contribution in [0.3, 0.4) is 0 Å². The van der Waals surface area contributed by atoms with Gasteiger partial charge in [0, 0.05) is 5.75 Å². The van der Waals surface area contributed by atoms with Crippen LogP contribution >= 0.6 is 11.8 Å². The molecule has 2 unspecified atom stereocenters. The van der Waals surface area contributed by atoms with Gasteiger partial charge in [-0.05, 0) is 55.2 Å². The van der Waals surface area contributed by atoms with Gasteiger partial charge < -0.3 is 4.74 Å². The second-order valence-electron chi connectivity index (χ2n) is 7.04. The Morgan fingerprint density at radius 3 is 2.50 bits per heavy atom. The minimum absolute atomic E-state index is 0.188. The summed E-state index contributed by atoms with van der Waals surface area (Å²) < 4.78 is 44.2. The summed E-state index contributed by atoms with van der Waals surface area (Å²) in [5, 5.41) is 2.71. The van der Waals surface area contributed by atoms with Crippen molar-refractivity contribution in [1.82, 2.24) is 5.32 Å². The first kappa shape index (κ1) is 20.7. The summed E-state index contributed by atoms with van der Waals surface area (Å²) in [5.41, 5.74) is 4.09. The Kier molecular flexibility index (Phi) is 6.05. The third-order valence-electron chi connectivity index (χ3n) is 4.78. The standard InChI is InChI=1S/C21H22F3NO2S/c1-12-7-13(2)17(14(3)8-12)10-27-20(26)18-11-28-19(25-18)15-5-4-6-16(9-15)21(22,23)24/h4-9,18-19,25H,10-11H2,1-3H3. The zero-order valence-electron chi connectivity index (χ0n) is 15.9. The highest BCUT2D eigenvalue weighted by Gasteiger charge is 2.34. The number of ether oxygens (including phenoxy) is 1. The lowest BCUT2D eigenvalue weighted by Crippen LogP contribution is -2.35. The lowest BCUT2D eigenvalue weighted by Gasteiger charge is -2.16. The van der Waals surface area contributed by atoms with Crippen LogP contribution in [0.2, 0.25) is 0 Å². The lowest BCUT2D eigenvalue weighted by atomic mass is 10.0. The van der Waals surface area contributed by atoms with Crippen LogP contribution in [0.25, 0.3) is 0 Å². The topological polar surface area (TPSA) is 38.3 Å². The normalized spacial score (nSPS) is 19.6. The second kappa shape index (κ2) is 8.17. The maximum absolute atomic E-state index is 12.9. The Labute approximate surface area is 166 Å². The number of esters is 1. The molecule has 2 aromatic rings. The Morgan fingerprint density at radius 2 is 1.86 bits per heavy atom. The molecule has 2 atom stereocenters. The van der Waals surface area contributed by atoms with E-state index in [0.717, 1.165) is 34.4 Å². The van der Waals surface area contributed by atoms with Crippen molar-refractivity contribution in [3.8, 4) is 0 Å². The van der Waals surface area contributed by atoms with E-state index in [-0.39, 0.29) is 18.0 Å². The van der Waals surface area contributed by atoms with Crippen molar-refractivity contribution < 1.29 is 22.7 Å². The highest BCUT2D eigenvalue weighted by atomic mass is 32.2. The quantitative estimate of drug-likeness (QED) is 0.715. The average Bonchev–Trinajstić information content (AvgIpc) is 3.10. The number of thioether (sulfide) groups is 1. The van der Waals surface area contributed by atoms with E-state index in [1.54, 1.807) is 6.07 Å². The van der Waals surface area contributed by atoms with Gasteiger partial charge in [-0.1, -0.05) is 29.8 Å². The predicted molar refractivity (Wildman–Crippen MR) is 104 cm³/mol. The summed E-state index contributed by atoms with van der Waals surface area (Å²) >= 11 is 1.40. The van der Waals surface area contributed by atoms with Crippen LogP contribution in [0.4, 0.5) is 13.2 Å². The van der Waals surface area contributed by atoms with Crippen LogP contribution in [0.1, 0.15) is 38.8 Å². The fraction of sp³-hybridized carbons (Fsp3) is 0.381. The van der Waals surface area contributed by atoms with Gasteiger partial charge in [0.2, 0.25) is 0 Å². The molecule has 3 nitrogen and oxygen atoms in total. The highest BCUT2D eigenvalue weighted by molar-refractivity contribution is 7.99. The van der Waals surface area contributed by atoms with E-state index < -0.39 is 17.8 Å². The predicted octanol–water partition coefficient (Wildman–Crippen LogP) is 5.08. The molecule has 3 rings (SSSR count). The first-order valence-corrected chi connectivity index (χ1v) is 9.98. The fourth-order valence-corrected chi connectivity index (χ4v) is 4.58. The van der Waals surface area contributed by atoms with Crippen LogP contribution < -0.4 is 5.32 Å². The van der Waals surface area contributed by atoms with Crippen LogP contribution in [-0.2, 0) is 22.3 Å². The molecular formula is C21H22F3NO2S. The first-order chi connectivity index (χ1) is 13.1. The maximum atomic E-state index is 12.9. The van der Waals surface area contributed by atoms with E-state index in [1.807, 2.05) is 32.9 Å². The van der Waals surface area contributed by atoms with Gasteiger partial charge in [0.05, 0.1) is 10.9 Å². The van der Waals surface area contributed by atoms with Gasteiger partial charge in [0.1, 0.15) is 12.6 Å². The van der Waals surface area contributed by atoms with Gasteiger partial charge in [-0.3, -0.25) is 10.1 Å². The molecule has 1 saturated heterocycles. The molecule has 1 heterocycles. The van der Waals surface area contributed by atoms with Gasteiger partial charge in [-0.2, -0.15) is 13.2 Å². The molecule has 0 aromatic heterocycles. The molecule has 0 aliphatic carbocycles. The number of carbonyl (C=O) groups is 1. The Morgan fingerprint density at radius 1 is 1.18 bits per heavy atom. The summed E-state index contributed by atoms with van der Waals surface area (Å²) in [7, 11) is 0. The zero-order chi connectivity index (χ0) is 20.5. The Hall–Kier alpha value is -1.99. The van der Waals surface area contributed by atoms with Crippen molar-refractivity contribution in [2.24, 2.45) is 0 Å². The van der Waals surface area contributed by atoms with E-state index in [9.17, 15) is 18.0 Å². The SMILES string of the molecule is Cc1cc(C)c(COC(=O)C2CSC(c3cccc(C(F)(F)F)c3)N2)c(C)c1. The molecule has 7 heteroatoms. The van der Waals surface area contributed by atoms with Crippen LogP contribution in [0, 0.1) is 20.8 Å². The summed E-state index contributed by atoms with van der Waals surface area (Å²) in [5.74, 6) is 0.0624. The van der Waals surface area contributed by atoms with Crippen molar-refractivity contribution in [2.75, 3.05) is 5.75 Å². The van der Waals surface area contributed by atoms with Crippen molar-refractivity contribution in [3.63, 3.8) is 0 Å². The number of nitrogens with one attached hydrogen (secondary N) is 1. The third-order valence-corrected chi connectivity index (χ3v) is 6.05. The number of aryl methyl sites for hydroxylation is 3. The van der Waals surface area contributed by atoms with Crippen LogP contribution in [0.5, 0.6) is 0 Å². The highest BCUT2D eigenvalue weighted by Crippen LogP contribution is 2.36. The molecular weight excluding hydrogens is 387 g/mol. The monoisotopic (exact) mass is 409 g/mol. The summed E-state index contributed by atoms with van der Waals surface area (Å²) in [4.78, 5) is 12.4. The molecule has 150 valence electrons. The van der Waals surface area contributed by atoms with Gasteiger partial charge in [-0.25, -0.2) is 0 Å². The molecule has 0 bridgehead atoms. The molecule has 0 amide bonds. The fourth-order valence-electron chi connectivity index (χ4n) is 3.36. The first-order valence-electron chi connectivity index (χ1n) is 8.93. The van der Waals surface area contributed by atoms with Gasteiger partial charge in [0.15, 0.2) is 0 Å². The van der Waals surface area contributed by atoms with E-state index in [1.165, 1.54) is 17.8 Å². The number of halogens is 3. The molecule has 1 fully saturated rings. The number of benzene rings is 2. The summed E-state index contributed by atoms with van der Waals surface area (Å²) in [6.45, 7) is 6.17. The number of alkyl halides is 3. The summed E-state index contributed by atoms with van der Waals surface area (Å²) in [6.07, 6.45) is -4.39. The van der Waals surface area contributed by atoms with Crippen molar-refractivity contribution in [3.05, 3.63) is 69.8 Å². The largest absolute Gasteiger partial charge is 0.460 e. The number of hydrogen-bond acceptors (Lipinski definition) is 4. The average molecular weight is 409 g/mol. The smallest absolute Gasteiger partial charge is 0.416 e. The molecule has 1 aliphatic heterocycles. The molecule has 28 heavy (non-hydrogen) atoms. The third kappa shape index (κ3) is 4.70. The Bertz CT molecular complexity index is 859. The molecule has 0 saturated carbocycles. The number of rotatable bonds is 4. The van der Waals surface area contributed by atoms with Crippen LogP contribution in [0.15, 0.2) is 36.4 Å². The van der Waals surface area contributed by atoms with Gasteiger partial charge >= 0.3 is 12.1 Å². The number of carbonyl (C=O) groups excluding carboxylic acids is 1. The number of hydrogen-bond donors (Lipinski definition) is 1. The Balaban J connectivity index is 1.62. The van der Waals surface area contributed by atoms with Gasteiger partial charge in [0.25, 0.3) is 0 Å². The molecule has 2 aromatic carbocycles. The summed E-state index contributed by atoms with van der Waals surface area (Å²) in [6, 6.07) is 8.73. The van der Waals surface area contributed by atoms with Crippen molar-refractivity contribution in [1.29, 1.82) is 0 Å². The van der Waals surface area contributed by atoms with E-state index in [2.05, 4.69) is 5.32 Å². The van der Waals surface area contributed by atoms with Crippen LogP contribution in [-0.4, -0.2) is 17.8 Å². The molecule has 0 radical (unpaired) electrons. The lowest BCUT2D eigenvalue weighted by molar-refractivity contribution is -0.146. The van der Waals surface area contributed by atoms with E-state index >= 15 is 0 Å². The van der Waals surface area contributed by atoms with Crippen molar-refractivity contribution >= 4 is 17.7 Å². The van der Waals surface area contributed by atoms with Gasteiger partial charge in [-0.15, -0.1) is 11.8 Å².